The summed E-state index contributed by atoms with van der Waals surface area (Å²) >= 11 is 0. The number of hydrogen-bond acceptors (Lipinski definition) is 2. The van der Waals surface area contributed by atoms with Crippen LogP contribution in [0, 0.1) is 5.41 Å². The normalized spacial score (nSPS) is 41.8. The summed E-state index contributed by atoms with van der Waals surface area (Å²) < 4.78 is 5.85. The third kappa shape index (κ3) is 1.09. The van der Waals surface area contributed by atoms with Gasteiger partial charge in [0.2, 0.25) is 0 Å². The molecule has 2 rings (SSSR count). The van der Waals surface area contributed by atoms with Gasteiger partial charge >= 0.3 is 0 Å². The summed E-state index contributed by atoms with van der Waals surface area (Å²) in [4.78, 5) is 0. The Labute approximate surface area is 74.7 Å². The molecule has 0 radical (unpaired) electrons. The molecule has 0 aromatic rings. The quantitative estimate of drug-likeness (QED) is 0.556. The Morgan fingerprint density at radius 2 is 2.17 bits per heavy atom. The number of epoxide rings is 1. The van der Waals surface area contributed by atoms with E-state index in [1.807, 2.05) is 0 Å². The van der Waals surface area contributed by atoms with E-state index in [0.29, 0.717) is 11.5 Å². The summed E-state index contributed by atoms with van der Waals surface area (Å²) in [7, 11) is 0. The van der Waals surface area contributed by atoms with Crippen LogP contribution in [0.5, 0.6) is 0 Å². The number of ether oxygens (including phenoxy) is 1. The van der Waals surface area contributed by atoms with Crippen LogP contribution in [0.2, 0.25) is 0 Å². The van der Waals surface area contributed by atoms with Gasteiger partial charge < -0.3 is 10.1 Å². The lowest BCUT2D eigenvalue weighted by Crippen LogP contribution is -2.33. The lowest BCUT2D eigenvalue weighted by molar-refractivity contribution is 0.141. The smallest absolute Gasteiger partial charge is 0.101 e. The first-order valence-corrected chi connectivity index (χ1v) is 4.95. The van der Waals surface area contributed by atoms with Gasteiger partial charge in [0.1, 0.15) is 11.7 Å². The molecule has 0 aromatic carbocycles. The van der Waals surface area contributed by atoms with Gasteiger partial charge in [-0.15, -0.1) is 0 Å². The topological polar surface area (TPSA) is 24.6 Å². The van der Waals surface area contributed by atoms with Gasteiger partial charge in [0.05, 0.1) is 0 Å². The van der Waals surface area contributed by atoms with Crippen molar-refractivity contribution < 1.29 is 4.74 Å². The van der Waals surface area contributed by atoms with E-state index in [0.717, 1.165) is 13.1 Å². The van der Waals surface area contributed by atoms with Gasteiger partial charge in [-0.05, 0) is 24.8 Å². The van der Waals surface area contributed by atoms with Gasteiger partial charge in [-0.25, -0.2) is 0 Å². The molecule has 2 fully saturated rings. The molecule has 0 saturated carbocycles. The standard InChI is InChI=1S/C10H19NO/c1-9(2,3)10-5-4-6-11-7-8(10)12-10/h8,11H,4-7H2,1-3H3. The van der Waals surface area contributed by atoms with Crippen molar-refractivity contribution in [3.8, 4) is 0 Å². The van der Waals surface area contributed by atoms with Gasteiger partial charge in [0.15, 0.2) is 0 Å². The molecule has 2 heteroatoms. The fraction of sp³-hybridized carbons (Fsp3) is 1.00. The average molecular weight is 169 g/mol. The third-order valence-electron chi connectivity index (χ3n) is 3.32. The number of hydrogen-bond donors (Lipinski definition) is 1. The lowest BCUT2D eigenvalue weighted by Gasteiger charge is -2.27. The molecule has 2 unspecified atom stereocenters. The van der Waals surface area contributed by atoms with E-state index < -0.39 is 0 Å². The molecule has 2 aliphatic rings. The fourth-order valence-corrected chi connectivity index (χ4v) is 2.39. The maximum absolute atomic E-state index is 5.85. The monoisotopic (exact) mass is 169 g/mol. The Balaban J connectivity index is 2.12. The second kappa shape index (κ2) is 2.46. The predicted molar refractivity (Wildman–Crippen MR) is 49.2 cm³/mol. The Bertz CT molecular complexity index is 185. The van der Waals surface area contributed by atoms with Crippen LogP contribution in [0.25, 0.3) is 0 Å². The SMILES string of the molecule is CC(C)(C)C12CCCNCC1O2. The first kappa shape index (κ1) is 8.52. The van der Waals surface area contributed by atoms with Crippen molar-refractivity contribution >= 4 is 0 Å². The summed E-state index contributed by atoms with van der Waals surface area (Å²) in [5.74, 6) is 0. The molecular formula is C10H19NO. The van der Waals surface area contributed by atoms with Crippen LogP contribution >= 0.6 is 0 Å². The molecular weight excluding hydrogens is 150 g/mol. The molecule has 0 amide bonds. The van der Waals surface area contributed by atoms with Crippen LogP contribution < -0.4 is 5.32 Å². The van der Waals surface area contributed by atoms with Crippen molar-refractivity contribution in [1.82, 2.24) is 5.32 Å². The molecule has 0 spiro atoms. The van der Waals surface area contributed by atoms with Gasteiger partial charge in [0, 0.05) is 6.54 Å². The molecule has 2 saturated heterocycles. The first-order valence-electron chi connectivity index (χ1n) is 4.95. The Morgan fingerprint density at radius 3 is 2.83 bits per heavy atom. The van der Waals surface area contributed by atoms with Gasteiger partial charge in [0.25, 0.3) is 0 Å². The van der Waals surface area contributed by atoms with Crippen molar-refractivity contribution in [2.45, 2.75) is 45.3 Å². The molecule has 12 heavy (non-hydrogen) atoms. The zero-order chi connectivity index (χ0) is 8.82. The summed E-state index contributed by atoms with van der Waals surface area (Å²) in [6, 6.07) is 0. The third-order valence-corrected chi connectivity index (χ3v) is 3.32. The summed E-state index contributed by atoms with van der Waals surface area (Å²) in [6.45, 7) is 9.09. The van der Waals surface area contributed by atoms with Crippen molar-refractivity contribution in [3.05, 3.63) is 0 Å². The number of rotatable bonds is 0. The van der Waals surface area contributed by atoms with Crippen LogP contribution in [0.4, 0.5) is 0 Å². The first-order chi connectivity index (χ1) is 5.56. The highest BCUT2D eigenvalue weighted by molar-refractivity contribution is 5.11. The molecule has 2 aliphatic heterocycles. The summed E-state index contributed by atoms with van der Waals surface area (Å²) in [6.07, 6.45) is 2.97. The predicted octanol–water partition coefficient (Wildman–Crippen LogP) is 1.55. The molecule has 2 atom stereocenters. The Kier molecular flexibility index (Phi) is 1.74. The van der Waals surface area contributed by atoms with Crippen LogP contribution in [-0.2, 0) is 4.74 Å². The second-order valence-electron chi connectivity index (χ2n) is 5.05. The molecule has 70 valence electrons. The Hall–Kier alpha value is -0.0800. The minimum Gasteiger partial charge on any atom is -0.364 e. The highest BCUT2D eigenvalue weighted by Crippen LogP contribution is 2.53. The van der Waals surface area contributed by atoms with E-state index in [1.54, 1.807) is 0 Å². The largest absolute Gasteiger partial charge is 0.364 e. The lowest BCUT2D eigenvalue weighted by atomic mass is 9.76. The van der Waals surface area contributed by atoms with Gasteiger partial charge in [-0.1, -0.05) is 20.8 Å². The van der Waals surface area contributed by atoms with Crippen LogP contribution in [0.15, 0.2) is 0 Å². The summed E-state index contributed by atoms with van der Waals surface area (Å²) in [5, 5.41) is 3.41. The van der Waals surface area contributed by atoms with Crippen molar-refractivity contribution in [2.75, 3.05) is 13.1 Å². The zero-order valence-electron chi connectivity index (χ0n) is 8.31. The van der Waals surface area contributed by atoms with E-state index in [1.165, 1.54) is 12.8 Å². The average Bonchev–Trinajstić information content (AvgIpc) is 2.55. The van der Waals surface area contributed by atoms with Crippen LogP contribution in [0.1, 0.15) is 33.6 Å². The second-order valence-corrected chi connectivity index (χ2v) is 5.05. The van der Waals surface area contributed by atoms with Gasteiger partial charge in [-0.2, -0.15) is 0 Å². The Morgan fingerprint density at radius 1 is 1.42 bits per heavy atom. The summed E-state index contributed by atoms with van der Waals surface area (Å²) in [5.41, 5.74) is 0.514. The maximum Gasteiger partial charge on any atom is 0.101 e. The number of nitrogens with one attached hydrogen (secondary N) is 1. The van der Waals surface area contributed by atoms with E-state index in [2.05, 4.69) is 26.1 Å². The van der Waals surface area contributed by atoms with Gasteiger partial charge in [-0.3, -0.25) is 0 Å². The fourth-order valence-electron chi connectivity index (χ4n) is 2.39. The van der Waals surface area contributed by atoms with Crippen LogP contribution in [-0.4, -0.2) is 24.8 Å². The van der Waals surface area contributed by atoms with Crippen molar-refractivity contribution in [2.24, 2.45) is 5.41 Å². The highest BCUT2D eigenvalue weighted by Gasteiger charge is 2.62. The minimum atomic E-state index is 0.205. The zero-order valence-corrected chi connectivity index (χ0v) is 8.31. The molecule has 0 aromatic heterocycles. The highest BCUT2D eigenvalue weighted by atomic mass is 16.6. The van der Waals surface area contributed by atoms with E-state index >= 15 is 0 Å². The maximum atomic E-state index is 5.85. The van der Waals surface area contributed by atoms with E-state index in [9.17, 15) is 0 Å². The van der Waals surface area contributed by atoms with Crippen molar-refractivity contribution in [3.63, 3.8) is 0 Å². The minimum absolute atomic E-state index is 0.205. The molecule has 2 heterocycles. The molecule has 0 bridgehead atoms. The molecule has 1 N–H and O–H groups in total. The number of fused-ring (bicyclic) bond motifs is 1. The van der Waals surface area contributed by atoms with Crippen LogP contribution in [0.3, 0.4) is 0 Å². The van der Waals surface area contributed by atoms with E-state index in [-0.39, 0.29) is 5.60 Å². The molecule has 0 aliphatic carbocycles. The van der Waals surface area contributed by atoms with Crippen molar-refractivity contribution in [1.29, 1.82) is 0 Å². The van der Waals surface area contributed by atoms with E-state index in [4.69, 9.17) is 4.74 Å². The molecule has 2 nitrogen and oxygen atoms in total.